The first-order chi connectivity index (χ1) is 10.1. The highest BCUT2D eigenvalue weighted by atomic mass is 19.2. The van der Waals surface area contributed by atoms with Crippen LogP contribution in [-0.2, 0) is 16.1 Å². The molecule has 1 saturated heterocycles. The second-order valence-corrected chi connectivity index (χ2v) is 5.22. The first kappa shape index (κ1) is 15.9. The van der Waals surface area contributed by atoms with Crippen LogP contribution in [-0.4, -0.2) is 43.7 Å². The number of hydrogen-bond acceptors (Lipinski definition) is 3. The van der Waals surface area contributed by atoms with Crippen molar-refractivity contribution in [3.63, 3.8) is 0 Å². The number of carbonyl (C=O) groups excluding carboxylic acids is 1. The summed E-state index contributed by atoms with van der Waals surface area (Å²) in [6, 6.07) is 4.20. The number of hydrogen-bond donors (Lipinski definition) is 1. The maximum atomic E-state index is 13.1. The Bertz CT molecular complexity index is 489. The molecule has 0 saturated carbocycles. The standard InChI is InChI=1S/C15H20F2N2O2/c1-21-10-15(20)19-6-4-12(5-7-19)18-9-11-2-3-13(16)14(17)8-11/h2-3,8,12,18H,4-7,9-10H2,1H3. The van der Waals surface area contributed by atoms with E-state index in [2.05, 4.69) is 5.32 Å². The minimum Gasteiger partial charge on any atom is -0.375 e. The molecule has 21 heavy (non-hydrogen) atoms. The Kier molecular flexibility index (Phi) is 5.64. The van der Waals surface area contributed by atoms with Gasteiger partial charge in [-0.1, -0.05) is 6.07 Å². The van der Waals surface area contributed by atoms with Gasteiger partial charge in [0.05, 0.1) is 0 Å². The molecule has 1 heterocycles. The van der Waals surface area contributed by atoms with Crippen molar-refractivity contribution in [1.29, 1.82) is 0 Å². The van der Waals surface area contributed by atoms with Gasteiger partial charge in [0.25, 0.3) is 0 Å². The van der Waals surface area contributed by atoms with E-state index in [0.717, 1.165) is 18.9 Å². The van der Waals surface area contributed by atoms with Crippen LogP contribution in [0, 0.1) is 11.6 Å². The lowest BCUT2D eigenvalue weighted by atomic mass is 10.0. The summed E-state index contributed by atoms with van der Waals surface area (Å²) >= 11 is 0. The van der Waals surface area contributed by atoms with E-state index >= 15 is 0 Å². The molecule has 1 fully saturated rings. The number of amides is 1. The first-order valence-electron chi connectivity index (χ1n) is 7.04. The van der Waals surface area contributed by atoms with Gasteiger partial charge in [-0.2, -0.15) is 0 Å². The average molecular weight is 298 g/mol. The van der Waals surface area contributed by atoms with Crippen molar-refractivity contribution in [3.05, 3.63) is 35.4 Å². The molecule has 0 aliphatic carbocycles. The van der Waals surface area contributed by atoms with Gasteiger partial charge < -0.3 is 15.0 Å². The van der Waals surface area contributed by atoms with Crippen LogP contribution in [0.15, 0.2) is 18.2 Å². The Morgan fingerprint density at radius 3 is 2.67 bits per heavy atom. The van der Waals surface area contributed by atoms with Gasteiger partial charge in [0.2, 0.25) is 5.91 Å². The van der Waals surface area contributed by atoms with Crippen molar-refractivity contribution in [3.8, 4) is 0 Å². The molecule has 116 valence electrons. The summed E-state index contributed by atoms with van der Waals surface area (Å²) in [4.78, 5) is 13.4. The number of carbonyl (C=O) groups is 1. The van der Waals surface area contributed by atoms with Crippen LogP contribution in [0.5, 0.6) is 0 Å². The second kappa shape index (κ2) is 7.47. The number of ether oxygens (including phenoxy) is 1. The van der Waals surface area contributed by atoms with Gasteiger partial charge in [0.1, 0.15) is 6.61 Å². The van der Waals surface area contributed by atoms with Gasteiger partial charge in [0.15, 0.2) is 11.6 Å². The number of nitrogens with one attached hydrogen (secondary N) is 1. The summed E-state index contributed by atoms with van der Waals surface area (Å²) in [7, 11) is 1.51. The molecule has 1 aliphatic rings. The molecule has 1 amide bonds. The highest BCUT2D eigenvalue weighted by Gasteiger charge is 2.22. The molecular formula is C15H20F2N2O2. The van der Waals surface area contributed by atoms with Crippen molar-refractivity contribution in [1.82, 2.24) is 10.2 Å². The Balaban J connectivity index is 1.76. The minimum absolute atomic E-state index is 0.0107. The Hall–Kier alpha value is -1.53. The molecule has 0 bridgehead atoms. The molecule has 0 radical (unpaired) electrons. The van der Waals surface area contributed by atoms with Crippen molar-refractivity contribution in [2.75, 3.05) is 26.8 Å². The summed E-state index contributed by atoms with van der Waals surface area (Å²) in [5, 5.41) is 3.32. The molecule has 1 aliphatic heterocycles. The van der Waals surface area contributed by atoms with Gasteiger partial charge in [-0.15, -0.1) is 0 Å². The molecule has 0 atom stereocenters. The fourth-order valence-electron chi connectivity index (χ4n) is 2.46. The zero-order chi connectivity index (χ0) is 15.2. The van der Waals surface area contributed by atoms with E-state index in [0.29, 0.717) is 25.2 Å². The van der Waals surface area contributed by atoms with E-state index in [1.807, 2.05) is 0 Å². The fourth-order valence-corrected chi connectivity index (χ4v) is 2.46. The third kappa shape index (κ3) is 4.47. The normalized spacial score (nSPS) is 16.2. The van der Waals surface area contributed by atoms with Crippen molar-refractivity contribution >= 4 is 5.91 Å². The minimum atomic E-state index is -0.830. The van der Waals surface area contributed by atoms with Gasteiger partial charge in [-0.05, 0) is 30.5 Å². The van der Waals surface area contributed by atoms with Crippen LogP contribution in [0.4, 0.5) is 8.78 Å². The molecular weight excluding hydrogens is 278 g/mol. The summed E-state index contributed by atoms with van der Waals surface area (Å²) in [6.07, 6.45) is 1.69. The third-order valence-electron chi connectivity index (χ3n) is 3.69. The second-order valence-electron chi connectivity index (χ2n) is 5.22. The first-order valence-corrected chi connectivity index (χ1v) is 7.04. The van der Waals surface area contributed by atoms with E-state index in [9.17, 15) is 13.6 Å². The third-order valence-corrected chi connectivity index (χ3v) is 3.69. The number of likely N-dealkylation sites (tertiary alicyclic amines) is 1. The maximum absolute atomic E-state index is 13.1. The van der Waals surface area contributed by atoms with Crippen molar-refractivity contribution < 1.29 is 18.3 Å². The van der Waals surface area contributed by atoms with Gasteiger partial charge in [0, 0.05) is 32.8 Å². The lowest BCUT2D eigenvalue weighted by Crippen LogP contribution is -2.45. The molecule has 0 unspecified atom stereocenters. The lowest BCUT2D eigenvalue weighted by molar-refractivity contribution is -0.136. The fraction of sp³-hybridized carbons (Fsp3) is 0.533. The summed E-state index contributed by atoms with van der Waals surface area (Å²) < 4.78 is 30.8. The smallest absolute Gasteiger partial charge is 0.248 e. The number of benzene rings is 1. The predicted molar refractivity (Wildman–Crippen MR) is 74.7 cm³/mol. The van der Waals surface area contributed by atoms with E-state index < -0.39 is 11.6 Å². The van der Waals surface area contributed by atoms with Gasteiger partial charge in [-0.3, -0.25) is 4.79 Å². The molecule has 6 heteroatoms. The van der Waals surface area contributed by atoms with E-state index in [4.69, 9.17) is 4.74 Å². The number of methoxy groups -OCH3 is 1. The van der Waals surface area contributed by atoms with Crippen LogP contribution in [0.25, 0.3) is 0 Å². The van der Waals surface area contributed by atoms with Gasteiger partial charge in [-0.25, -0.2) is 8.78 Å². The Morgan fingerprint density at radius 2 is 2.05 bits per heavy atom. The van der Waals surface area contributed by atoms with E-state index in [1.165, 1.54) is 13.2 Å². The highest BCUT2D eigenvalue weighted by molar-refractivity contribution is 5.77. The van der Waals surface area contributed by atoms with Crippen molar-refractivity contribution in [2.45, 2.75) is 25.4 Å². The summed E-state index contributed by atoms with van der Waals surface area (Å²) in [6.45, 7) is 2.00. The molecule has 1 aromatic carbocycles. The van der Waals surface area contributed by atoms with Crippen LogP contribution >= 0.6 is 0 Å². The predicted octanol–water partition coefficient (Wildman–Crippen LogP) is 1.69. The monoisotopic (exact) mass is 298 g/mol. The van der Waals surface area contributed by atoms with E-state index in [1.54, 1.807) is 11.0 Å². The van der Waals surface area contributed by atoms with Crippen LogP contribution in [0.1, 0.15) is 18.4 Å². The largest absolute Gasteiger partial charge is 0.375 e. The average Bonchev–Trinajstić information content (AvgIpc) is 2.49. The van der Waals surface area contributed by atoms with Crippen molar-refractivity contribution in [2.24, 2.45) is 0 Å². The number of piperidine rings is 1. The lowest BCUT2D eigenvalue weighted by Gasteiger charge is -2.32. The van der Waals surface area contributed by atoms with Crippen LogP contribution in [0.3, 0.4) is 0 Å². The molecule has 2 rings (SSSR count). The quantitative estimate of drug-likeness (QED) is 0.899. The van der Waals surface area contributed by atoms with Gasteiger partial charge >= 0.3 is 0 Å². The molecule has 0 spiro atoms. The zero-order valence-corrected chi connectivity index (χ0v) is 12.1. The number of halogens is 2. The SMILES string of the molecule is COCC(=O)N1CCC(NCc2ccc(F)c(F)c2)CC1. The summed E-state index contributed by atoms with van der Waals surface area (Å²) in [5.41, 5.74) is 0.715. The topological polar surface area (TPSA) is 41.6 Å². The molecule has 4 nitrogen and oxygen atoms in total. The molecule has 0 aromatic heterocycles. The number of nitrogens with zero attached hydrogens (tertiary/aromatic N) is 1. The van der Waals surface area contributed by atoms with E-state index in [-0.39, 0.29) is 18.6 Å². The molecule has 1 N–H and O–H groups in total. The van der Waals surface area contributed by atoms with Crippen LogP contribution < -0.4 is 5.32 Å². The summed E-state index contributed by atoms with van der Waals surface area (Å²) in [5.74, 6) is -1.64. The highest BCUT2D eigenvalue weighted by Crippen LogP contribution is 2.13. The Labute approximate surface area is 123 Å². The Morgan fingerprint density at radius 1 is 1.33 bits per heavy atom. The zero-order valence-electron chi connectivity index (χ0n) is 12.1. The van der Waals surface area contributed by atoms with Crippen LogP contribution in [0.2, 0.25) is 0 Å². The number of rotatable bonds is 5. The molecule has 1 aromatic rings. The maximum Gasteiger partial charge on any atom is 0.248 e.